The van der Waals surface area contributed by atoms with E-state index in [1.165, 1.54) is 0 Å². The van der Waals surface area contributed by atoms with Crippen LogP contribution in [0.4, 0.5) is 11.8 Å². The van der Waals surface area contributed by atoms with Crippen LogP contribution in [0.1, 0.15) is 19.0 Å². The fourth-order valence-corrected chi connectivity index (χ4v) is 3.78. The van der Waals surface area contributed by atoms with E-state index in [9.17, 15) is 5.11 Å². The lowest BCUT2D eigenvalue weighted by molar-refractivity contribution is -0.00398. The van der Waals surface area contributed by atoms with Gasteiger partial charge in [0.1, 0.15) is 5.82 Å². The molecule has 0 amide bonds. The molecule has 0 spiro atoms. The summed E-state index contributed by atoms with van der Waals surface area (Å²) in [6.07, 6.45) is 1.75. The van der Waals surface area contributed by atoms with Gasteiger partial charge < -0.3 is 19.6 Å². The summed E-state index contributed by atoms with van der Waals surface area (Å²) in [6, 6.07) is 2.11. The normalized spacial score (nSPS) is 31.1. The van der Waals surface area contributed by atoms with Crippen LogP contribution in [0, 0.1) is 11.8 Å². The molecule has 0 radical (unpaired) electrons. The highest BCUT2D eigenvalue weighted by Gasteiger charge is 2.46. The van der Waals surface area contributed by atoms with Gasteiger partial charge in [-0.05, 0) is 18.8 Å². The number of aliphatic hydroxyl groups excluding tert-OH is 1. The maximum absolute atomic E-state index is 9.86. The Kier molecular flexibility index (Phi) is 3.66. The number of morpholine rings is 1. The van der Waals surface area contributed by atoms with Crippen molar-refractivity contribution in [1.82, 2.24) is 9.97 Å². The van der Waals surface area contributed by atoms with Crippen molar-refractivity contribution in [3.8, 4) is 0 Å². The van der Waals surface area contributed by atoms with E-state index in [0.29, 0.717) is 11.8 Å². The number of aryl methyl sites for hydroxylation is 1. The Morgan fingerprint density at radius 3 is 2.73 bits per heavy atom. The van der Waals surface area contributed by atoms with Gasteiger partial charge in [0.15, 0.2) is 0 Å². The Labute approximate surface area is 131 Å². The lowest BCUT2D eigenvalue weighted by atomic mass is 9.74. The quantitative estimate of drug-likeness (QED) is 0.887. The van der Waals surface area contributed by atoms with Gasteiger partial charge in [-0.15, -0.1) is 0 Å². The molecule has 1 saturated carbocycles. The highest BCUT2D eigenvalue weighted by Crippen LogP contribution is 2.42. The third kappa shape index (κ3) is 2.44. The van der Waals surface area contributed by atoms with Gasteiger partial charge >= 0.3 is 0 Å². The number of aliphatic hydroxyl groups is 1. The summed E-state index contributed by atoms with van der Waals surface area (Å²) in [4.78, 5) is 14.1. The SMILES string of the molecule is CCc1cc(N2CC3CC(O)C3C2)nc(N2CCOCC2)n1. The molecule has 1 N–H and O–H groups in total. The maximum atomic E-state index is 9.86. The average Bonchev–Trinajstić information content (AvgIpc) is 2.92. The molecule has 6 nitrogen and oxygen atoms in total. The van der Waals surface area contributed by atoms with Gasteiger partial charge in [0, 0.05) is 43.9 Å². The summed E-state index contributed by atoms with van der Waals surface area (Å²) < 4.78 is 5.42. The number of fused-ring (bicyclic) bond motifs is 1. The molecule has 22 heavy (non-hydrogen) atoms. The third-order valence-electron chi connectivity index (χ3n) is 5.26. The van der Waals surface area contributed by atoms with Crippen molar-refractivity contribution >= 4 is 11.8 Å². The van der Waals surface area contributed by atoms with Crippen LogP contribution in [0.2, 0.25) is 0 Å². The summed E-state index contributed by atoms with van der Waals surface area (Å²) in [5.41, 5.74) is 1.09. The molecule has 2 aliphatic heterocycles. The topological polar surface area (TPSA) is 61.7 Å². The van der Waals surface area contributed by atoms with Crippen molar-refractivity contribution in [1.29, 1.82) is 0 Å². The molecular formula is C16H24N4O2. The fraction of sp³-hybridized carbons (Fsp3) is 0.750. The first-order valence-electron chi connectivity index (χ1n) is 8.38. The molecule has 0 bridgehead atoms. The number of aromatic nitrogens is 2. The number of anilines is 2. The first-order valence-corrected chi connectivity index (χ1v) is 8.38. The molecule has 4 rings (SSSR count). The standard InChI is InChI=1S/C16H24N4O2/c1-2-12-8-15(20-9-11-7-14(21)13(11)10-20)18-16(17-12)19-3-5-22-6-4-19/h8,11,13-14,21H,2-7,9-10H2,1H3. The minimum absolute atomic E-state index is 0.110. The van der Waals surface area contributed by atoms with Gasteiger partial charge in [-0.25, -0.2) is 4.98 Å². The second-order valence-corrected chi connectivity index (χ2v) is 6.60. The monoisotopic (exact) mass is 304 g/mol. The molecule has 0 aromatic carbocycles. The predicted molar refractivity (Wildman–Crippen MR) is 84.3 cm³/mol. The molecular weight excluding hydrogens is 280 g/mol. The minimum atomic E-state index is -0.110. The van der Waals surface area contributed by atoms with Gasteiger partial charge in [0.05, 0.1) is 19.3 Å². The van der Waals surface area contributed by atoms with Crippen LogP contribution >= 0.6 is 0 Å². The van der Waals surface area contributed by atoms with Crippen LogP contribution < -0.4 is 9.80 Å². The predicted octanol–water partition coefficient (Wildman–Crippen LogP) is 0.693. The van der Waals surface area contributed by atoms with Crippen LogP contribution in [-0.2, 0) is 11.2 Å². The van der Waals surface area contributed by atoms with Gasteiger partial charge in [0.25, 0.3) is 0 Å². The second kappa shape index (κ2) is 5.66. The molecule has 3 aliphatic rings. The Hall–Kier alpha value is -1.40. The zero-order chi connectivity index (χ0) is 15.1. The molecule has 2 saturated heterocycles. The van der Waals surface area contributed by atoms with Crippen molar-refractivity contribution in [2.45, 2.75) is 25.9 Å². The third-order valence-corrected chi connectivity index (χ3v) is 5.26. The average molecular weight is 304 g/mol. The number of hydrogen-bond donors (Lipinski definition) is 1. The Bertz CT molecular complexity index is 547. The Morgan fingerprint density at radius 2 is 2.05 bits per heavy atom. The molecule has 3 atom stereocenters. The Morgan fingerprint density at radius 1 is 1.23 bits per heavy atom. The van der Waals surface area contributed by atoms with Gasteiger partial charge in [-0.2, -0.15) is 4.98 Å². The summed E-state index contributed by atoms with van der Waals surface area (Å²) in [5.74, 6) is 2.93. The molecule has 3 unspecified atom stereocenters. The number of rotatable bonds is 3. The zero-order valence-electron chi connectivity index (χ0n) is 13.1. The molecule has 1 aromatic rings. The highest BCUT2D eigenvalue weighted by atomic mass is 16.5. The largest absolute Gasteiger partial charge is 0.393 e. The van der Waals surface area contributed by atoms with Crippen molar-refractivity contribution in [2.75, 3.05) is 49.2 Å². The zero-order valence-corrected chi connectivity index (χ0v) is 13.1. The summed E-state index contributed by atoms with van der Waals surface area (Å²) in [5, 5.41) is 9.86. The van der Waals surface area contributed by atoms with Crippen LogP contribution in [-0.4, -0.2) is 60.6 Å². The first-order chi connectivity index (χ1) is 10.7. The fourth-order valence-electron chi connectivity index (χ4n) is 3.78. The lowest BCUT2D eigenvalue weighted by Crippen LogP contribution is -2.39. The van der Waals surface area contributed by atoms with Crippen LogP contribution in [0.25, 0.3) is 0 Å². The number of hydrogen-bond acceptors (Lipinski definition) is 6. The van der Waals surface area contributed by atoms with E-state index in [2.05, 4.69) is 22.8 Å². The minimum Gasteiger partial charge on any atom is -0.393 e. The molecule has 3 fully saturated rings. The molecule has 1 aliphatic carbocycles. The summed E-state index contributed by atoms with van der Waals surface area (Å²) in [7, 11) is 0. The van der Waals surface area contributed by atoms with E-state index in [4.69, 9.17) is 14.7 Å². The van der Waals surface area contributed by atoms with Crippen LogP contribution in [0.15, 0.2) is 6.07 Å². The maximum Gasteiger partial charge on any atom is 0.227 e. The molecule has 120 valence electrons. The van der Waals surface area contributed by atoms with Crippen LogP contribution in [0.5, 0.6) is 0 Å². The highest BCUT2D eigenvalue weighted by molar-refractivity contribution is 5.48. The van der Waals surface area contributed by atoms with E-state index in [-0.39, 0.29) is 6.10 Å². The first kappa shape index (κ1) is 14.2. The second-order valence-electron chi connectivity index (χ2n) is 6.60. The van der Waals surface area contributed by atoms with Crippen molar-refractivity contribution < 1.29 is 9.84 Å². The van der Waals surface area contributed by atoms with E-state index in [1.54, 1.807) is 0 Å². The van der Waals surface area contributed by atoms with E-state index in [1.807, 2.05) is 0 Å². The molecule has 6 heteroatoms. The summed E-state index contributed by atoms with van der Waals surface area (Å²) in [6.45, 7) is 7.28. The number of ether oxygens (including phenoxy) is 1. The van der Waals surface area contributed by atoms with Gasteiger partial charge in [-0.3, -0.25) is 0 Å². The van der Waals surface area contributed by atoms with Gasteiger partial charge in [0.2, 0.25) is 5.95 Å². The number of nitrogens with zero attached hydrogens (tertiary/aromatic N) is 4. The van der Waals surface area contributed by atoms with Gasteiger partial charge in [-0.1, -0.05) is 6.92 Å². The Balaban J connectivity index is 1.58. The van der Waals surface area contributed by atoms with Crippen molar-refractivity contribution in [3.05, 3.63) is 11.8 Å². The lowest BCUT2D eigenvalue weighted by Gasteiger charge is -2.34. The van der Waals surface area contributed by atoms with Crippen LogP contribution in [0.3, 0.4) is 0 Å². The molecule has 1 aromatic heterocycles. The van der Waals surface area contributed by atoms with Crippen molar-refractivity contribution in [3.63, 3.8) is 0 Å². The summed E-state index contributed by atoms with van der Waals surface area (Å²) >= 11 is 0. The van der Waals surface area contributed by atoms with Crippen molar-refractivity contribution in [2.24, 2.45) is 11.8 Å². The smallest absolute Gasteiger partial charge is 0.227 e. The van der Waals surface area contributed by atoms with E-state index < -0.39 is 0 Å². The van der Waals surface area contributed by atoms with E-state index in [0.717, 1.165) is 69.7 Å². The molecule has 3 heterocycles. The van der Waals surface area contributed by atoms with E-state index >= 15 is 0 Å².